The van der Waals surface area contributed by atoms with Crippen molar-refractivity contribution in [2.75, 3.05) is 20.1 Å². The number of hydrogen-bond donors (Lipinski definition) is 1. The Morgan fingerprint density at radius 2 is 2.00 bits per heavy atom. The molecule has 1 N–H and O–H groups in total. The van der Waals surface area contributed by atoms with Crippen LogP contribution in [0.1, 0.15) is 31.3 Å². The highest BCUT2D eigenvalue weighted by Gasteiger charge is 2.35. The molecule has 7 heteroatoms. The Morgan fingerprint density at radius 1 is 1.32 bits per heavy atom. The van der Waals surface area contributed by atoms with E-state index in [1.54, 1.807) is 24.1 Å². The SMILES string of the molecule is CNC(=O)c1ccc(OC2CN(C(=O)OC(C)(C)C)C2)cn1. The Bertz CT molecular complexity index is 545. The quantitative estimate of drug-likeness (QED) is 0.914. The number of rotatable bonds is 3. The maximum Gasteiger partial charge on any atom is 0.410 e. The van der Waals surface area contributed by atoms with Gasteiger partial charge < -0.3 is 19.7 Å². The summed E-state index contributed by atoms with van der Waals surface area (Å²) in [4.78, 5) is 28.8. The van der Waals surface area contributed by atoms with E-state index < -0.39 is 5.60 Å². The van der Waals surface area contributed by atoms with Gasteiger partial charge in [-0.3, -0.25) is 4.79 Å². The van der Waals surface area contributed by atoms with Crippen LogP contribution in [0.25, 0.3) is 0 Å². The lowest BCUT2D eigenvalue weighted by atomic mass is 10.1. The molecule has 1 saturated heterocycles. The number of likely N-dealkylation sites (tertiary alicyclic amines) is 1. The van der Waals surface area contributed by atoms with Gasteiger partial charge in [-0.1, -0.05) is 0 Å². The molecule has 0 radical (unpaired) electrons. The van der Waals surface area contributed by atoms with Crippen molar-refractivity contribution in [3.05, 3.63) is 24.0 Å². The highest BCUT2D eigenvalue weighted by molar-refractivity contribution is 5.91. The average Bonchev–Trinajstić information content (AvgIpc) is 2.40. The van der Waals surface area contributed by atoms with E-state index in [1.807, 2.05) is 20.8 Å². The fourth-order valence-corrected chi connectivity index (χ4v) is 1.89. The molecule has 1 fully saturated rings. The van der Waals surface area contributed by atoms with Crippen LogP contribution in [0.15, 0.2) is 18.3 Å². The van der Waals surface area contributed by atoms with E-state index in [1.165, 1.54) is 6.20 Å². The van der Waals surface area contributed by atoms with Crippen LogP contribution in [-0.4, -0.2) is 53.7 Å². The molecule has 1 aromatic rings. The van der Waals surface area contributed by atoms with Gasteiger partial charge in [0.15, 0.2) is 0 Å². The second-order valence-corrected chi connectivity index (χ2v) is 6.08. The Morgan fingerprint density at radius 3 is 2.50 bits per heavy atom. The first-order valence-electron chi connectivity index (χ1n) is 7.11. The van der Waals surface area contributed by atoms with E-state index in [0.717, 1.165) is 0 Å². The standard InChI is InChI=1S/C15H21N3O4/c1-15(2,3)22-14(20)18-8-11(9-18)21-10-5-6-12(17-7-10)13(19)16-4/h5-7,11H,8-9H2,1-4H3,(H,16,19). The predicted octanol–water partition coefficient (Wildman–Crippen LogP) is 1.44. The minimum Gasteiger partial charge on any atom is -0.485 e. The topological polar surface area (TPSA) is 80.8 Å². The van der Waals surface area contributed by atoms with Crippen molar-refractivity contribution in [3.63, 3.8) is 0 Å². The maximum atomic E-state index is 11.8. The summed E-state index contributed by atoms with van der Waals surface area (Å²) < 4.78 is 11.0. The Labute approximate surface area is 129 Å². The van der Waals surface area contributed by atoms with Gasteiger partial charge >= 0.3 is 6.09 Å². The Balaban J connectivity index is 1.80. The van der Waals surface area contributed by atoms with Gasteiger partial charge in [-0.15, -0.1) is 0 Å². The van der Waals surface area contributed by atoms with Crippen LogP contribution in [0.5, 0.6) is 5.75 Å². The predicted molar refractivity (Wildman–Crippen MR) is 79.9 cm³/mol. The molecule has 22 heavy (non-hydrogen) atoms. The normalized spacial score (nSPS) is 15.0. The first-order chi connectivity index (χ1) is 10.3. The van der Waals surface area contributed by atoms with Crippen LogP contribution in [0.4, 0.5) is 4.79 Å². The molecule has 0 aromatic carbocycles. The highest BCUT2D eigenvalue weighted by Crippen LogP contribution is 2.20. The van der Waals surface area contributed by atoms with Crippen LogP contribution in [-0.2, 0) is 4.74 Å². The van der Waals surface area contributed by atoms with E-state index in [-0.39, 0.29) is 18.1 Å². The molecule has 2 rings (SSSR count). The second kappa shape index (κ2) is 6.21. The number of nitrogens with one attached hydrogen (secondary N) is 1. The molecule has 120 valence electrons. The largest absolute Gasteiger partial charge is 0.485 e. The molecule has 1 aromatic heterocycles. The Hall–Kier alpha value is -2.31. The zero-order valence-electron chi connectivity index (χ0n) is 13.3. The molecule has 0 bridgehead atoms. The van der Waals surface area contributed by atoms with Crippen LogP contribution in [0.3, 0.4) is 0 Å². The minimum atomic E-state index is -0.497. The second-order valence-electron chi connectivity index (χ2n) is 6.08. The zero-order chi connectivity index (χ0) is 16.3. The smallest absolute Gasteiger partial charge is 0.410 e. The molecular formula is C15H21N3O4. The summed E-state index contributed by atoms with van der Waals surface area (Å²) in [6.45, 7) is 6.45. The average molecular weight is 307 g/mol. The van der Waals surface area contributed by atoms with Crippen molar-refractivity contribution < 1.29 is 19.1 Å². The lowest BCUT2D eigenvalue weighted by Crippen LogP contribution is -2.57. The van der Waals surface area contributed by atoms with Crippen LogP contribution >= 0.6 is 0 Å². The van der Waals surface area contributed by atoms with Gasteiger partial charge in [-0.25, -0.2) is 9.78 Å². The molecule has 7 nitrogen and oxygen atoms in total. The monoisotopic (exact) mass is 307 g/mol. The number of amides is 2. The maximum absolute atomic E-state index is 11.8. The third kappa shape index (κ3) is 4.09. The van der Waals surface area contributed by atoms with Crippen molar-refractivity contribution in [2.45, 2.75) is 32.5 Å². The van der Waals surface area contributed by atoms with Gasteiger partial charge in [0.05, 0.1) is 19.3 Å². The number of ether oxygens (including phenoxy) is 2. The molecule has 0 spiro atoms. The fourth-order valence-electron chi connectivity index (χ4n) is 1.89. The van der Waals surface area contributed by atoms with Crippen molar-refractivity contribution >= 4 is 12.0 Å². The van der Waals surface area contributed by atoms with Gasteiger partial charge in [0.1, 0.15) is 23.1 Å². The van der Waals surface area contributed by atoms with Crippen LogP contribution < -0.4 is 10.1 Å². The number of pyridine rings is 1. The number of aromatic nitrogens is 1. The first kappa shape index (κ1) is 16.1. The van der Waals surface area contributed by atoms with Gasteiger partial charge in [-0.05, 0) is 32.9 Å². The van der Waals surface area contributed by atoms with E-state index >= 15 is 0 Å². The minimum absolute atomic E-state index is 0.0832. The number of hydrogen-bond acceptors (Lipinski definition) is 5. The molecule has 0 unspecified atom stereocenters. The number of carbonyl (C=O) groups is 2. The summed E-state index contributed by atoms with van der Waals surface area (Å²) in [7, 11) is 1.55. The summed E-state index contributed by atoms with van der Waals surface area (Å²) in [6.07, 6.45) is 1.08. The lowest BCUT2D eigenvalue weighted by Gasteiger charge is -2.39. The zero-order valence-corrected chi connectivity index (χ0v) is 13.3. The fraction of sp³-hybridized carbons (Fsp3) is 0.533. The molecule has 0 aliphatic carbocycles. The summed E-state index contributed by atoms with van der Waals surface area (Å²) in [6, 6.07) is 3.28. The van der Waals surface area contributed by atoms with Crippen LogP contribution in [0, 0.1) is 0 Å². The van der Waals surface area contributed by atoms with E-state index in [2.05, 4.69) is 10.3 Å². The highest BCUT2D eigenvalue weighted by atomic mass is 16.6. The summed E-state index contributed by atoms with van der Waals surface area (Å²) in [5.74, 6) is 0.327. The van der Waals surface area contributed by atoms with E-state index in [0.29, 0.717) is 24.5 Å². The van der Waals surface area contributed by atoms with Crippen molar-refractivity contribution in [3.8, 4) is 5.75 Å². The van der Waals surface area contributed by atoms with Crippen molar-refractivity contribution in [1.29, 1.82) is 0 Å². The lowest BCUT2D eigenvalue weighted by molar-refractivity contribution is -0.0222. The van der Waals surface area contributed by atoms with Crippen LogP contribution in [0.2, 0.25) is 0 Å². The van der Waals surface area contributed by atoms with Gasteiger partial charge in [0.25, 0.3) is 5.91 Å². The number of nitrogens with zero attached hydrogens (tertiary/aromatic N) is 2. The molecule has 0 atom stereocenters. The van der Waals surface area contributed by atoms with Gasteiger partial charge in [0.2, 0.25) is 0 Å². The molecule has 2 amide bonds. The summed E-state index contributed by atoms with van der Waals surface area (Å²) in [5, 5.41) is 2.50. The van der Waals surface area contributed by atoms with Crippen molar-refractivity contribution in [1.82, 2.24) is 15.2 Å². The molecule has 2 heterocycles. The summed E-state index contributed by atoms with van der Waals surface area (Å²) >= 11 is 0. The third-order valence-electron chi connectivity index (χ3n) is 3.00. The molecule has 1 aliphatic rings. The molecular weight excluding hydrogens is 286 g/mol. The summed E-state index contributed by atoms with van der Waals surface area (Å²) in [5.41, 5.74) is -0.165. The van der Waals surface area contributed by atoms with E-state index in [4.69, 9.17) is 9.47 Å². The third-order valence-corrected chi connectivity index (χ3v) is 3.00. The molecule has 1 aliphatic heterocycles. The number of carbonyl (C=O) groups excluding carboxylic acids is 2. The van der Waals surface area contributed by atoms with Crippen molar-refractivity contribution in [2.24, 2.45) is 0 Å². The molecule has 0 saturated carbocycles. The first-order valence-corrected chi connectivity index (χ1v) is 7.11. The van der Waals surface area contributed by atoms with Gasteiger partial charge in [-0.2, -0.15) is 0 Å². The Kier molecular flexibility index (Phi) is 4.54. The van der Waals surface area contributed by atoms with E-state index in [9.17, 15) is 9.59 Å². The van der Waals surface area contributed by atoms with Gasteiger partial charge in [0, 0.05) is 7.05 Å².